The van der Waals surface area contributed by atoms with Gasteiger partial charge in [0.1, 0.15) is 6.61 Å². The molecule has 0 heterocycles. The molecule has 0 aliphatic rings. The molecule has 4 nitrogen and oxygen atoms in total. The molecule has 138 valence electrons. The zero-order chi connectivity index (χ0) is 19.2. The number of hydrogen-bond donors (Lipinski definition) is 1. The molecule has 0 unspecified atom stereocenters. The van der Waals surface area contributed by atoms with E-state index < -0.39 is 0 Å². The summed E-state index contributed by atoms with van der Waals surface area (Å²) in [5.74, 6) is 0.760. The lowest BCUT2D eigenvalue weighted by molar-refractivity contribution is 0.102. The lowest BCUT2D eigenvalue weighted by Crippen LogP contribution is -2.12. The van der Waals surface area contributed by atoms with Crippen LogP contribution < -0.4 is 14.8 Å². The van der Waals surface area contributed by atoms with Crippen LogP contribution in [0.3, 0.4) is 0 Å². The first-order valence-corrected chi connectivity index (χ1v) is 9.35. The number of benzene rings is 3. The first-order valence-electron chi connectivity index (χ1n) is 8.18. The van der Waals surface area contributed by atoms with Crippen molar-refractivity contribution in [1.82, 2.24) is 0 Å². The number of nitrogens with one attached hydrogen (secondary N) is 1. The van der Waals surface area contributed by atoms with E-state index in [1.165, 1.54) is 0 Å². The van der Waals surface area contributed by atoms with Gasteiger partial charge in [0.25, 0.3) is 5.91 Å². The van der Waals surface area contributed by atoms with E-state index >= 15 is 0 Å². The van der Waals surface area contributed by atoms with Gasteiger partial charge in [-0.05, 0) is 57.9 Å². The summed E-state index contributed by atoms with van der Waals surface area (Å²) < 4.78 is 11.9. The Morgan fingerprint density at radius 3 is 2.44 bits per heavy atom. The van der Waals surface area contributed by atoms with Crippen molar-refractivity contribution in [2.45, 2.75) is 6.61 Å². The molecule has 1 N–H and O–H groups in total. The summed E-state index contributed by atoms with van der Waals surface area (Å²) in [6.07, 6.45) is 0. The summed E-state index contributed by atoms with van der Waals surface area (Å²) in [7, 11) is 1.56. The van der Waals surface area contributed by atoms with E-state index in [1.807, 2.05) is 30.3 Å². The number of halogens is 2. The van der Waals surface area contributed by atoms with Gasteiger partial charge in [0.05, 0.1) is 11.6 Å². The molecular weight excluding hydrogens is 430 g/mol. The minimum atomic E-state index is -0.259. The van der Waals surface area contributed by atoms with Crippen molar-refractivity contribution in [1.29, 1.82) is 0 Å². The molecule has 0 aliphatic carbocycles. The Kier molecular flexibility index (Phi) is 6.37. The standard InChI is InChI=1S/C21H17BrClNO3/c1-26-20-18(22)11-15(21(25)24-17-9-7-16(23)8-10-17)12-19(20)27-13-14-5-3-2-4-6-14/h2-12H,13H2,1H3,(H,24,25). The van der Waals surface area contributed by atoms with Gasteiger partial charge in [0, 0.05) is 16.3 Å². The Hall–Kier alpha value is -2.50. The molecule has 0 bridgehead atoms. The van der Waals surface area contributed by atoms with Crippen molar-refractivity contribution in [3.63, 3.8) is 0 Å². The Morgan fingerprint density at radius 1 is 1.07 bits per heavy atom. The number of carbonyl (C=O) groups excluding carboxylic acids is 1. The summed E-state index contributed by atoms with van der Waals surface area (Å²) in [6, 6.07) is 20.1. The molecule has 1 amide bonds. The second kappa shape index (κ2) is 8.93. The number of carbonyl (C=O) groups is 1. The van der Waals surface area contributed by atoms with Crippen LogP contribution in [0, 0.1) is 0 Å². The molecule has 0 aliphatic heterocycles. The average molecular weight is 447 g/mol. The highest BCUT2D eigenvalue weighted by Crippen LogP contribution is 2.37. The molecule has 0 spiro atoms. The van der Waals surface area contributed by atoms with Crippen LogP contribution in [0.2, 0.25) is 5.02 Å². The van der Waals surface area contributed by atoms with E-state index in [9.17, 15) is 4.79 Å². The van der Waals surface area contributed by atoms with Gasteiger partial charge in [0.15, 0.2) is 11.5 Å². The highest BCUT2D eigenvalue weighted by atomic mass is 79.9. The summed E-state index contributed by atoms with van der Waals surface area (Å²) in [5.41, 5.74) is 2.12. The summed E-state index contributed by atoms with van der Waals surface area (Å²) in [5, 5.41) is 3.44. The maximum Gasteiger partial charge on any atom is 0.255 e. The Balaban J connectivity index is 1.82. The van der Waals surface area contributed by atoms with E-state index in [0.717, 1.165) is 5.56 Å². The average Bonchev–Trinajstić information content (AvgIpc) is 2.68. The molecular formula is C21H17BrClNO3. The third kappa shape index (κ3) is 5.02. The fraction of sp³-hybridized carbons (Fsp3) is 0.0952. The van der Waals surface area contributed by atoms with Gasteiger partial charge >= 0.3 is 0 Å². The van der Waals surface area contributed by atoms with Crippen LogP contribution in [0.25, 0.3) is 0 Å². The van der Waals surface area contributed by atoms with E-state index in [-0.39, 0.29) is 5.91 Å². The van der Waals surface area contributed by atoms with Gasteiger partial charge in [-0.3, -0.25) is 4.79 Å². The molecule has 0 radical (unpaired) electrons. The van der Waals surface area contributed by atoms with Crippen molar-refractivity contribution in [3.05, 3.63) is 87.4 Å². The smallest absolute Gasteiger partial charge is 0.255 e. The molecule has 6 heteroatoms. The largest absolute Gasteiger partial charge is 0.492 e. The van der Waals surface area contributed by atoms with Gasteiger partial charge in [-0.2, -0.15) is 0 Å². The summed E-state index contributed by atoms with van der Waals surface area (Å²) >= 11 is 9.32. The van der Waals surface area contributed by atoms with Gasteiger partial charge < -0.3 is 14.8 Å². The van der Waals surface area contributed by atoms with Gasteiger partial charge in [-0.15, -0.1) is 0 Å². The molecule has 3 aromatic carbocycles. The van der Waals surface area contributed by atoms with E-state index in [4.69, 9.17) is 21.1 Å². The molecule has 0 saturated heterocycles. The van der Waals surface area contributed by atoms with Gasteiger partial charge in [-0.25, -0.2) is 0 Å². The van der Waals surface area contributed by atoms with Crippen LogP contribution in [0.4, 0.5) is 5.69 Å². The van der Waals surface area contributed by atoms with Crippen molar-refractivity contribution in [2.75, 3.05) is 12.4 Å². The van der Waals surface area contributed by atoms with Crippen molar-refractivity contribution < 1.29 is 14.3 Å². The van der Waals surface area contributed by atoms with Crippen molar-refractivity contribution in [3.8, 4) is 11.5 Å². The normalized spacial score (nSPS) is 10.3. The van der Waals surface area contributed by atoms with E-state index in [0.29, 0.717) is 38.9 Å². The number of amides is 1. The van der Waals surface area contributed by atoms with Crippen LogP contribution in [0.5, 0.6) is 11.5 Å². The lowest BCUT2D eigenvalue weighted by Gasteiger charge is -2.14. The Bertz CT molecular complexity index is 930. The van der Waals surface area contributed by atoms with Crippen LogP contribution >= 0.6 is 27.5 Å². The molecule has 0 atom stereocenters. The molecule has 0 saturated carbocycles. The second-order valence-corrected chi connectivity index (χ2v) is 7.02. The number of rotatable bonds is 6. The monoisotopic (exact) mass is 445 g/mol. The first kappa shape index (κ1) is 19.3. The number of anilines is 1. The number of hydrogen-bond acceptors (Lipinski definition) is 3. The predicted octanol–water partition coefficient (Wildman–Crippen LogP) is 5.94. The second-order valence-electron chi connectivity index (χ2n) is 5.72. The third-order valence-corrected chi connectivity index (χ3v) is 4.66. The van der Waals surface area contributed by atoms with Crippen molar-refractivity contribution >= 4 is 39.1 Å². The topological polar surface area (TPSA) is 47.6 Å². The summed E-state index contributed by atoms with van der Waals surface area (Å²) in [4.78, 5) is 12.6. The zero-order valence-corrected chi connectivity index (χ0v) is 16.9. The molecule has 0 aromatic heterocycles. The maximum atomic E-state index is 12.6. The highest BCUT2D eigenvalue weighted by molar-refractivity contribution is 9.10. The van der Waals surface area contributed by atoms with E-state index in [2.05, 4.69) is 21.2 Å². The molecule has 0 fully saturated rings. The first-order chi connectivity index (χ1) is 13.1. The third-order valence-electron chi connectivity index (χ3n) is 3.82. The van der Waals surface area contributed by atoms with Gasteiger partial charge in [-0.1, -0.05) is 41.9 Å². The van der Waals surface area contributed by atoms with Crippen LogP contribution in [-0.4, -0.2) is 13.0 Å². The maximum absolute atomic E-state index is 12.6. The van der Waals surface area contributed by atoms with Crippen LogP contribution in [0.1, 0.15) is 15.9 Å². The fourth-order valence-electron chi connectivity index (χ4n) is 2.48. The summed E-state index contributed by atoms with van der Waals surface area (Å²) in [6.45, 7) is 0.367. The van der Waals surface area contributed by atoms with Crippen LogP contribution in [-0.2, 0) is 6.61 Å². The molecule has 3 rings (SSSR count). The number of methoxy groups -OCH3 is 1. The minimum Gasteiger partial charge on any atom is -0.492 e. The van der Waals surface area contributed by atoms with Gasteiger partial charge in [0.2, 0.25) is 0 Å². The lowest BCUT2D eigenvalue weighted by atomic mass is 10.1. The fourth-order valence-corrected chi connectivity index (χ4v) is 3.21. The van der Waals surface area contributed by atoms with Crippen LogP contribution in [0.15, 0.2) is 71.2 Å². The number of ether oxygens (including phenoxy) is 2. The van der Waals surface area contributed by atoms with E-state index in [1.54, 1.807) is 43.5 Å². The quantitative estimate of drug-likeness (QED) is 0.509. The highest BCUT2D eigenvalue weighted by Gasteiger charge is 2.16. The zero-order valence-electron chi connectivity index (χ0n) is 14.5. The minimum absolute atomic E-state index is 0.259. The Labute approximate surface area is 171 Å². The SMILES string of the molecule is COc1c(Br)cc(C(=O)Nc2ccc(Cl)cc2)cc1OCc1ccccc1. The van der Waals surface area contributed by atoms with Crippen molar-refractivity contribution in [2.24, 2.45) is 0 Å². The molecule has 3 aromatic rings. The molecule has 27 heavy (non-hydrogen) atoms. The Morgan fingerprint density at radius 2 is 1.78 bits per heavy atom. The predicted molar refractivity (Wildman–Crippen MR) is 111 cm³/mol.